The fourth-order valence-electron chi connectivity index (χ4n) is 0.393. The first-order valence-electron chi connectivity index (χ1n) is 2.51. The lowest BCUT2D eigenvalue weighted by atomic mass is 10.4. The van der Waals surface area contributed by atoms with Crippen LogP contribution < -0.4 is 5.32 Å². The number of nitrogens with zero attached hydrogens (tertiary/aromatic N) is 1. The van der Waals surface area contributed by atoms with E-state index in [1.54, 1.807) is 7.05 Å². The first kappa shape index (κ1) is 7.14. The van der Waals surface area contributed by atoms with Crippen LogP contribution in [0.3, 0.4) is 0 Å². The minimum absolute atomic E-state index is 0.631. The van der Waals surface area contributed by atoms with Crippen LogP contribution in [0.15, 0.2) is 4.99 Å². The first-order valence-corrected chi connectivity index (χ1v) is 2.51. The molecule has 0 unspecified atom stereocenters. The van der Waals surface area contributed by atoms with Crippen molar-refractivity contribution in [3.63, 3.8) is 0 Å². The summed E-state index contributed by atoms with van der Waals surface area (Å²) in [5.74, 6) is 0.722. The average molecular weight is 114 g/mol. The van der Waals surface area contributed by atoms with Gasteiger partial charge >= 0.3 is 0 Å². The second kappa shape index (κ2) is 4.30. The van der Waals surface area contributed by atoms with E-state index in [9.17, 15) is 4.79 Å². The summed E-state index contributed by atoms with van der Waals surface area (Å²) >= 11 is 0. The van der Waals surface area contributed by atoms with Crippen molar-refractivity contribution >= 4 is 12.2 Å². The number of carbonyl (C=O) groups is 1. The molecule has 0 aliphatic rings. The predicted octanol–water partition coefficient (Wildman–Crippen LogP) is 0.171. The Kier molecular flexibility index (Phi) is 3.84. The summed E-state index contributed by atoms with van der Waals surface area (Å²) in [6.45, 7) is 1.93. The van der Waals surface area contributed by atoms with Crippen LogP contribution in [-0.4, -0.2) is 19.3 Å². The Bertz CT molecular complexity index is 98.6. The maximum atomic E-state index is 9.74. The second-order valence-corrected chi connectivity index (χ2v) is 1.29. The van der Waals surface area contributed by atoms with Gasteiger partial charge in [-0.05, 0) is 0 Å². The number of hydrogen-bond donors (Lipinski definition) is 1. The van der Waals surface area contributed by atoms with Crippen molar-refractivity contribution < 1.29 is 4.79 Å². The van der Waals surface area contributed by atoms with Crippen LogP contribution in [0.2, 0.25) is 0 Å². The molecule has 0 fully saturated rings. The summed E-state index contributed by atoms with van der Waals surface area (Å²) in [5, 5.41) is 2.45. The largest absolute Gasteiger partial charge is 0.317 e. The summed E-state index contributed by atoms with van der Waals surface area (Å²) in [5.41, 5.74) is 0. The number of carbonyl (C=O) groups excluding carboxylic acids is 1. The quantitative estimate of drug-likeness (QED) is 0.310. The van der Waals surface area contributed by atoms with Gasteiger partial charge in [0.1, 0.15) is 5.84 Å². The molecule has 1 N–H and O–H groups in total. The molecule has 0 saturated carbocycles. The fraction of sp³-hybridized carbons (Fsp3) is 0.600. The molecular weight excluding hydrogens is 104 g/mol. The van der Waals surface area contributed by atoms with Crippen LogP contribution >= 0.6 is 0 Å². The van der Waals surface area contributed by atoms with Gasteiger partial charge in [-0.25, -0.2) is 0 Å². The summed E-state index contributed by atoms with van der Waals surface area (Å²) < 4.78 is 0. The summed E-state index contributed by atoms with van der Waals surface area (Å²) in [6, 6.07) is 0. The molecule has 0 aromatic carbocycles. The molecule has 1 amide bonds. The number of hydrogen-bond acceptors (Lipinski definition) is 2. The zero-order chi connectivity index (χ0) is 6.41. The van der Waals surface area contributed by atoms with Gasteiger partial charge in [0.05, 0.1) is 0 Å². The Balaban J connectivity index is 3.53. The minimum atomic E-state index is 0.631. The number of nitrogens with one attached hydrogen (secondary N) is 1. The van der Waals surface area contributed by atoms with Crippen LogP contribution in [0.4, 0.5) is 0 Å². The molecule has 0 spiro atoms. The van der Waals surface area contributed by atoms with E-state index in [4.69, 9.17) is 0 Å². The Labute approximate surface area is 48.8 Å². The molecule has 0 aromatic heterocycles. The molecule has 0 radical (unpaired) electrons. The van der Waals surface area contributed by atoms with Crippen LogP contribution in [0.5, 0.6) is 0 Å². The highest BCUT2D eigenvalue weighted by Gasteiger charge is 1.86. The summed E-state index contributed by atoms with van der Waals surface area (Å²) in [7, 11) is 1.65. The molecule has 8 heavy (non-hydrogen) atoms. The maximum absolute atomic E-state index is 9.74. The smallest absolute Gasteiger partial charge is 0.212 e. The third kappa shape index (κ3) is 2.34. The van der Waals surface area contributed by atoms with E-state index in [1.807, 2.05) is 6.92 Å². The van der Waals surface area contributed by atoms with Gasteiger partial charge in [-0.2, -0.15) is 0 Å². The molecule has 0 aliphatic heterocycles. The Morgan fingerprint density at radius 1 is 1.88 bits per heavy atom. The number of rotatable bonds is 2. The Hall–Kier alpha value is -0.860. The van der Waals surface area contributed by atoms with Gasteiger partial charge in [-0.1, -0.05) is 6.92 Å². The van der Waals surface area contributed by atoms with Crippen molar-refractivity contribution in [2.24, 2.45) is 4.99 Å². The van der Waals surface area contributed by atoms with E-state index >= 15 is 0 Å². The van der Waals surface area contributed by atoms with Gasteiger partial charge < -0.3 is 5.32 Å². The Morgan fingerprint density at radius 2 is 2.50 bits per heavy atom. The van der Waals surface area contributed by atoms with Gasteiger partial charge in [0.15, 0.2) is 0 Å². The van der Waals surface area contributed by atoms with Gasteiger partial charge in [-0.15, -0.1) is 0 Å². The molecule has 0 atom stereocenters. The zero-order valence-corrected chi connectivity index (χ0v) is 5.14. The highest BCUT2D eigenvalue weighted by atomic mass is 16.1. The van der Waals surface area contributed by atoms with Crippen molar-refractivity contribution in [3.05, 3.63) is 0 Å². The zero-order valence-electron chi connectivity index (χ0n) is 5.14. The normalized spacial score (nSPS) is 11.0. The highest BCUT2D eigenvalue weighted by Crippen LogP contribution is 1.75. The highest BCUT2D eigenvalue weighted by molar-refractivity contribution is 5.90. The topological polar surface area (TPSA) is 41.5 Å². The monoisotopic (exact) mass is 114 g/mol. The van der Waals surface area contributed by atoms with Crippen LogP contribution in [0, 0.1) is 0 Å². The lowest BCUT2D eigenvalue weighted by molar-refractivity contribution is -0.108. The first-order chi connectivity index (χ1) is 3.85. The fourth-order valence-corrected chi connectivity index (χ4v) is 0.393. The lowest BCUT2D eigenvalue weighted by Gasteiger charge is -1.95. The SMILES string of the molecule is CCC(=NC)NC=O. The van der Waals surface area contributed by atoms with Crippen molar-refractivity contribution in [1.29, 1.82) is 0 Å². The van der Waals surface area contributed by atoms with Crippen LogP contribution in [-0.2, 0) is 4.79 Å². The van der Waals surface area contributed by atoms with Crippen molar-refractivity contribution in [1.82, 2.24) is 5.32 Å². The molecule has 3 nitrogen and oxygen atoms in total. The molecule has 0 saturated heterocycles. The van der Waals surface area contributed by atoms with E-state index in [0.29, 0.717) is 6.41 Å². The van der Waals surface area contributed by atoms with Crippen LogP contribution in [0.25, 0.3) is 0 Å². The van der Waals surface area contributed by atoms with Crippen molar-refractivity contribution in [2.45, 2.75) is 13.3 Å². The van der Waals surface area contributed by atoms with Crippen molar-refractivity contribution in [2.75, 3.05) is 7.05 Å². The van der Waals surface area contributed by atoms with E-state index < -0.39 is 0 Å². The molecule has 0 aliphatic carbocycles. The molecular formula is C5H10N2O. The molecule has 3 heteroatoms. The van der Waals surface area contributed by atoms with Crippen molar-refractivity contribution in [3.8, 4) is 0 Å². The summed E-state index contributed by atoms with van der Waals surface area (Å²) in [4.78, 5) is 13.5. The van der Waals surface area contributed by atoms with E-state index in [-0.39, 0.29) is 0 Å². The number of aliphatic imine (C=N–C) groups is 1. The number of amides is 1. The van der Waals surface area contributed by atoms with Gasteiger partial charge in [0.2, 0.25) is 6.41 Å². The second-order valence-electron chi connectivity index (χ2n) is 1.29. The molecule has 46 valence electrons. The van der Waals surface area contributed by atoms with Crippen LogP contribution in [0.1, 0.15) is 13.3 Å². The number of amidine groups is 1. The maximum Gasteiger partial charge on any atom is 0.212 e. The average Bonchev–Trinajstić information content (AvgIpc) is 1.83. The predicted molar refractivity (Wildman–Crippen MR) is 32.8 cm³/mol. The Morgan fingerprint density at radius 3 is 2.62 bits per heavy atom. The third-order valence-electron chi connectivity index (χ3n) is 0.830. The van der Waals surface area contributed by atoms with E-state index in [0.717, 1.165) is 12.3 Å². The van der Waals surface area contributed by atoms with Gasteiger partial charge in [0.25, 0.3) is 0 Å². The standard InChI is InChI=1S/C5H10N2O/c1-3-5(6-2)7-4-8/h4H,3H2,1-2H3,(H,6,7,8). The van der Waals surface area contributed by atoms with E-state index in [1.165, 1.54) is 0 Å². The molecule has 0 rings (SSSR count). The molecule has 0 aromatic rings. The summed E-state index contributed by atoms with van der Waals surface area (Å²) in [6.07, 6.45) is 1.40. The van der Waals surface area contributed by atoms with Gasteiger partial charge in [0, 0.05) is 13.5 Å². The lowest BCUT2D eigenvalue weighted by Crippen LogP contribution is -2.19. The minimum Gasteiger partial charge on any atom is -0.317 e. The molecule has 0 bridgehead atoms. The van der Waals surface area contributed by atoms with E-state index in [2.05, 4.69) is 10.3 Å². The molecule has 0 heterocycles. The third-order valence-corrected chi connectivity index (χ3v) is 0.830. The van der Waals surface area contributed by atoms with Gasteiger partial charge in [-0.3, -0.25) is 9.79 Å².